The SMILES string of the molecule is C[NH2+]C1CCN(CCc2c[nH]c3ccc(OCc4ccccc4)cc23)C(=O)C1C(C)O. The van der Waals surface area contributed by atoms with Crippen LogP contribution < -0.4 is 10.1 Å². The minimum Gasteiger partial charge on any atom is -0.489 e. The van der Waals surface area contributed by atoms with Gasteiger partial charge in [-0.15, -0.1) is 0 Å². The largest absolute Gasteiger partial charge is 0.489 e. The van der Waals surface area contributed by atoms with E-state index in [2.05, 4.69) is 28.5 Å². The molecule has 0 spiro atoms. The van der Waals surface area contributed by atoms with Gasteiger partial charge in [-0.25, -0.2) is 0 Å². The molecule has 31 heavy (non-hydrogen) atoms. The van der Waals surface area contributed by atoms with Crippen molar-refractivity contribution in [2.45, 2.75) is 38.5 Å². The number of likely N-dealkylation sites (tertiary alicyclic amines) is 1. The topological polar surface area (TPSA) is 82.2 Å². The molecule has 4 N–H and O–H groups in total. The van der Waals surface area contributed by atoms with Gasteiger partial charge in [0.25, 0.3) is 0 Å². The standard InChI is InChI=1S/C25H31N3O3/c1-17(29)24-23(26-2)11-13-28(25(24)30)12-10-19-15-27-22-9-8-20(14-21(19)22)31-16-18-6-4-3-5-7-18/h3-9,14-15,17,23-24,26-27,29H,10-13,16H2,1-2H3/p+1. The number of aliphatic hydroxyl groups excluding tert-OH is 1. The van der Waals surface area contributed by atoms with E-state index in [-0.39, 0.29) is 17.9 Å². The Kier molecular flexibility index (Phi) is 6.59. The molecule has 164 valence electrons. The normalized spacial score (nSPS) is 20.2. The monoisotopic (exact) mass is 422 g/mol. The highest BCUT2D eigenvalue weighted by Gasteiger charge is 2.40. The highest BCUT2D eigenvalue weighted by atomic mass is 16.5. The lowest BCUT2D eigenvalue weighted by Crippen LogP contribution is -2.90. The molecule has 1 fully saturated rings. The van der Waals surface area contributed by atoms with Crippen LogP contribution in [0.25, 0.3) is 10.9 Å². The number of benzene rings is 2. The third kappa shape index (κ3) is 4.75. The first-order chi connectivity index (χ1) is 15.1. The lowest BCUT2D eigenvalue weighted by Gasteiger charge is -2.37. The summed E-state index contributed by atoms with van der Waals surface area (Å²) >= 11 is 0. The molecule has 2 heterocycles. The van der Waals surface area contributed by atoms with Crippen LogP contribution in [0.15, 0.2) is 54.7 Å². The second-order valence-corrected chi connectivity index (χ2v) is 8.42. The summed E-state index contributed by atoms with van der Waals surface area (Å²) in [5, 5.41) is 13.3. The zero-order chi connectivity index (χ0) is 21.8. The molecule has 0 aliphatic carbocycles. The molecular weight excluding hydrogens is 390 g/mol. The summed E-state index contributed by atoms with van der Waals surface area (Å²) in [5.74, 6) is 0.567. The first kappa shape index (κ1) is 21.4. The van der Waals surface area contributed by atoms with Gasteiger partial charge in [0.15, 0.2) is 0 Å². The number of carbonyl (C=O) groups is 1. The van der Waals surface area contributed by atoms with Crippen molar-refractivity contribution in [1.29, 1.82) is 0 Å². The molecule has 1 amide bonds. The molecule has 1 aliphatic rings. The van der Waals surface area contributed by atoms with Crippen LogP contribution >= 0.6 is 0 Å². The zero-order valence-corrected chi connectivity index (χ0v) is 18.3. The Labute approximate surface area is 183 Å². The van der Waals surface area contributed by atoms with E-state index in [1.165, 1.54) is 5.56 Å². The van der Waals surface area contributed by atoms with Gasteiger partial charge < -0.3 is 25.0 Å². The number of H-pyrrole nitrogens is 1. The van der Waals surface area contributed by atoms with E-state index in [4.69, 9.17) is 4.74 Å². The van der Waals surface area contributed by atoms with E-state index >= 15 is 0 Å². The van der Waals surface area contributed by atoms with Crippen LogP contribution in [0.3, 0.4) is 0 Å². The number of quaternary nitrogens is 1. The van der Waals surface area contributed by atoms with Gasteiger partial charge in [0.1, 0.15) is 24.3 Å². The quantitative estimate of drug-likeness (QED) is 0.520. The molecule has 3 aromatic rings. The second kappa shape index (κ2) is 9.54. The number of nitrogens with two attached hydrogens (primary N) is 1. The van der Waals surface area contributed by atoms with Gasteiger partial charge in [-0.1, -0.05) is 30.3 Å². The average molecular weight is 423 g/mol. The Morgan fingerprint density at radius 1 is 1.26 bits per heavy atom. The molecule has 0 radical (unpaired) electrons. The lowest BCUT2D eigenvalue weighted by molar-refractivity contribution is -0.671. The highest BCUT2D eigenvalue weighted by molar-refractivity contribution is 5.85. The summed E-state index contributed by atoms with van der Waals surface area (Å²) in [7, 11) is 1.98. The summed E-state index contributed by atoms with van der Waals surface area (Å²) in [6.45, 7) is 3.65. The fourth-order valence-electron chi connectivity index (χ4n) is 4.60. The second-order valence-electron chi connectivity index (χ2n) is 8.42. The van der Waals surface area contributed by atoms with Gasteiger partial charge in [0.2, 0.25) is 5.91 Å². The molecule has 1 saturated heterocycles. The predicted molar refractivity (Wildman–Crippen MR) is 121 cm³/mol. The Balaban J connectivity index is 1.43. The molecule has 6 heteroatoms. The number of piperidine rings is 1. The third-order valence-electron chi connectivity index (χ3n) is 6.38. The van der Waals surface area contributed by atoms with E-state index < -0.39 is 6.10 Å². The number of nitrogens with one attached hydrogen (secondary N) is 1. The summed E-state index contributed by atoms with van der Waals surface area (Å²) in [6, 6.07) is 16.4. The van der Waals surface area contributed by atoms with Crippen LogP contribution in [0.4, 0.5) is 0 Å². The van der Waals surface area contributed by atoms with Gasteiger partial charge in [-0.05, 0) is 42.7 Å². The van der Waals surface area contributed by atoms with Crippen LogP contribution in [-0.2, 0) is 17.8 Å². The van der Waals surface area contributed by atoms with Crippen molar-refractivity contribution in [3.05, 3.63) is 65.9 Å². The minimum atomic E-state index is -0.631. The smallest absolute Gasteiger partial charge is 0.234 e. The number of aromatic amines is 1. The van der Waals surface area contributed by atoms with Gasteiger partial charge in [-0.3, -0.25) is 4.79 Å². The average Bonchev–Trinajstić information content (AvgIpc) is 3.19. The molecule has 4 rings (SSSR count). The number of hydrogen-bond acceptors (Lipinski definition) is 3. The van der Waals surface area contributed by atoms with Gasteiger partial charge in [0, 0.05) is 36.6 Å². The molecule has 0 bridgehead atoms. The number of carbonyl (C=O) groups excluding carboxylic acids is 1. The first-order valence-electron chi connectivity index (χ1n) is 11.1. The van der Waals surface area contributed by atoms with Gasteiger partial charge in [-0.2, -0.15) is 0 Å². The van der Waals surface area contributed by atoms with E-state index in [0.29, 0.717) is 13.2 Å². The molecule has 1 aliphatic heterocycles. The van der Waals surface area contributed by atoms with Crippen LogP contribution in [0.2, 0.25) is 0 Å². The Morgan fingerprint density at radius 2 is 2.06 bits per heavy atom. The molecular formula is C25H32N3O3+. The van der Waals surface area contributed by atoms with Crippen LogP contribution in [0, 0.1) is 5.92 Å². The molecule has 3 unspecified atom stereocenters. The van der Waals surface area contributed by atoms with Crippen molar-refractivity contribution >= 4 is 16.8 Å². The third-order valence-corrected chi connectivity index (χ3v) is 6.38. The fourth-order valence-corrected chi connectivity index (χ4v) is 4.60. The van der Waals surface area contributed by atoms with Gasteiger partial charge in [0.05, 0.1) is 13.2 Å². The number of nitrogens with zero attached hydrogens (tertiary/aromatic N) is 1. The number of rotatable bonds is 8. The predicted octanol–water partition coefficient (Wildman–Crippen LogP) is 2.08. The van der Waals surface area contributed by atoms with E-state index in [9.17, 15) is 9.90 Å². The van der Waals surface area contributed by atoms with Crippen molar-refractivity contribution in [2.24, 2.45) is 5.92 Å². The molecule has 1 aromatic heterocycles. The summed E-state index contributed by atoms with van der Waals surface area (Å²) < 4.78 is 5.99. The minimum absolute atomic E-state index is 0.0658. The van der Waals surface area contributed by atoms with Crippen molar-refractivity contribution in [1.82, 2.24) is 9.88 Å². The van der Waals surface area contributed by atoms with Gasteiger partial charge >= 0.3 is 0 Å². The molecule has 6 nitrogen and oxygen atoms in total. The number of aliphatic hydroxyl groups is 1. The number of ether oxygens (including phenoxy) is 1. The Bertz CT molecular complexity index is 1020. The van der Waals surface area contributed by atoms with E-state index in [1.807, 2.05) is 48.5 Å². The van der Waals surface area contributed by atoms with E-state index in [0.717, 1.165) is 41.6 Å². The molecule has 0 saturated carbocycles. The number of aromatic nitrogens is 1. The first-order valence-corrected chi connectivity index (χ1v) is 11.1. The van der Waals surface area contributed by atoms with Crippen LogP contribution in [0.5, 0.6) is 5.75 Å². The summed E-state index contributed by atoms with van der Waals surface area (Å²) in [4.78, 5) is 18.2. The van der Waals surface area contributed by atoms with Crippen LogP contribution in [0.1, 0.15) is 24.5 Å². The summed E-state index contributed by atoms with van der Waals surface area (Å²) in [5.41, 5.74) is 3.37. The fraction of sp³-hybridized carbons (Fsp3) is 0.400. The Morgan fingerprint density at radius 3 is 2.81 bits per heavy atom. The number of fused-ring (bicyclic) bond motifs is 1. The Hall–Kier alpha value is -2.83. The van der Waals surface area contributed by atoms with Crippen molar-refractivity contribution in [3.8, 4) is 5.75 Å². The summed E-state index contributed by atoms with van der Waals surface area (Å²) in [6.07, 6.45) is 3.06. The highest BCUT2D eigenvalue weighted by Crippen LogP contribution is 2.26. The lowest BCUT2D eigenvalue weighted by atomic mass is 9.87. The van der Waals surface area contributed by atoms with E-state index in [1.54, 1.807) is 6.92 Å². The maximum atomic E-state index is 13.0. The van der Waals surface area contributed by atoms with Crippen molar-refractivity contribution in [2.75, 3.05) is 20.1 Å². The molecule has 2 aromatic carbocycles. The maximum Gasteiger partial charge on any atom is 0.234 e. The number of amides is 1. The van der Waals surface area contributed by atoms with Crippen molar-refractivity contribution < 1.29 is 20.0 Å². The zero-order valence-electron chi connectivity index (χ0n) is 18.3. The maximum absolute atomic E-state index is 13.0. The number of hydrogen-bond donors (Lipinski definition) is 3. The van der Waals surface area contributed by atoms with Crippen LogP contribution in [-0.4, -0.2) is 53.2 Å². The molecule has 3 atom stereocenters. The van der Waals surface area contributed by atoms with Crippen molar-refractivity contribution in [3.63, 3.8) is 0 Å².